The van der Waals surface area contributed by atoms with E-state index < -0.39 is 0 Å². The first-order valence-electron chi connectivity index (χ1n) is 9.93. The maximum atomic E-state index is 9.75. The van der Waals surface area contributed by atoms with Crippen LogP contribution in [0.3, 0.4) is 0 Å². The average Bonchev–Trinajstić information content (AvgIpc) is 3.11. The number of unbranched alkanes of at least 4 members (excludes halogenated alkanes) is 1. The van der Waals surface area contributed by atoms with E-state index in [0.29, 0.717) is 17.1 Å². The zero-order chi connectivity index (χ0) is 20.2. The molecule has 4 rings (SSSR count). The number of halogens is 1. The fraction of sp³-hybridized carbons (Fsp3) is 0.200. The summed E-state index contributed by atoms with van der Waals surface area (Å²) in [4.78, 5) is 4.84. The monoisotopic (exact) mass is 399 g/mol. The number of hydrogen-bond donors (Lipinski definition) is 0. The van der Waals surface area contributed by atoms with Gasteiger partial charge in [0.1, 0.15) is 5.82 Å². The molecule has 0 aliphatic carbocycles. The second kappa shape index (κ2) is 8.51. The normalized spacial score (nSPS) is 10.9. The molecule has 0 bridgehead atoms. The molecule has 0 radical (unpaired) electrons. The number of rotatable bonds is 6. The molecule has 1 heterocycles. The topological polar surface area (TPSA) is 41.6 Å². The highest BCUT2D eigenvalue weighted by Gasteiger charge is 2.15. The van der Waals surface area contributed by atoms with Crippen molar-refractivity contribution in [1.82, 2.24) is 9.55 Å². The van der Waals surface area contributed by atoms with Crippen molar-refractivity contribution in [3.8, 4) is 17.2 Å². The van der Waals surface area contributed by atoms with Gasteiger partial charge in [0.05, 0.1) is 29.2 Å². The van der Waals surface area contributed by atoms with Crippen LogP contribution in [0.25, 0.3) is 22.2 Å². The number of aromatic nitrogens is 2. The summed E-state index contributed by atoms with van der Waals surface area (Å²) in [6, 6.07) is 24.3. The van der Waals surface area contributed by atoms with Crippen LogP contribution in [0.4, 0.5) is 0 Å². The third-order valence-corrected chi connectivity index (χ3v) is 5.56. The number of nitrogens with zero attached hydrogens (tertiary/aromatic N) is 3. The Labute approximate surface area is 176 Å². The summed E-state index contributed by atoms with van der Waals surface area (Å²) in [7, 11) is 0. The summed E-state index contributed by atoms with van der Waals surface area (Å²) in [6.07, 6.45) is 3.14. The Morgan fingerprint density at radius 1 is 1.03 bits per heavy atom. The molecule has 0 fully saturated rings. The molecular weight excluding hydrogens is 378 g/mol. The molecule has 0 spiro atoms. The van der Waals surface area contributed by atoms with Gasteiger partial charge in [-0.3, -0.25) is 0 Å². The number of imidazole rings is 1. The Balaban J connectivity index is 1.78. The molecule has 0 amide bonds. The van der Waals surface area contributed by atoms with E-state index in [-0.39, 0.29) is 0 Å². The van der Waals surface area contributed by atoms with E-state index in [0.717, 1.165) is 52.8 Å². The predicted octanol–water partition coefficient (Wildman–Crippen LogP) is 6.62. The second-order valence-corrected chi connectivity index (χ2v) is 7.58. The van der Waals surface area contributed by atoms with Crippen LogP contribution >= 0.6 is 11.6 Å². The van der Waals surface area contributed by atoms with Crippen molar-refractivity contribution in [1.29, 1.82) is 5.26 Å². The lowest BCUT2D eigenvalue weighted by Gasteiger charge is -2.13. The Morgan fingerprint density at radius 3 is 2.55 bits per heavy atom. The highest BCUT2D eigenvalue weighted by molar-refractivity contribution is 6.31. The van der Waals surface area contributed by atoms with Crippen LogP contribution in [-0.2, 0) is 13.0 Å². The molecule has 3 nitrogen and oxygen atoms in total. The van der Waals surface area contributed by atoms with Crippen molar-refractivity contribution < 1.29 is 0 Å². The van der Waals surface area contributed by atoms with Gasteiger partial charge in [-0.2, -0.15) is 5.26 Å². The molecule has 0 saturated carbocycles. The van der Waals surface area contributed by atoms with E-state index in [1.807, 2.05) is 60.7 Å². The molecule has 0 unspecified atom stereocenters. The van der Waals surface area contributed by atoms with Crippen LogP contribution in [0.2, 0.25) is 5.02 Å². The minimum atomic E-state index is 0.599. The number of aryl methyl sites for hydroxylation is 1. The van der Waals surface area contributed by atoms with Crippen molar-refractivity contribution in [3.63, 3.8) is 0 Å². The molecule has 144 valence electrons. The number of nitriles is 1. The van der Waals surface area contributed by atoms with E-state index in [1.165, 1.54) is 0 Å². The van der Waals surface area contributed by atoms with Crippen molar-refractivity contribution in [2.75, 3.05) is 0 Å². The Kier molecular flexibility index (Phi) is 5.64. The molecule has 3 aromatic carbocycles. The molecule has 4 heteroatoms. The summed E-state index contributed by atoms with van der Waals surface area (Å²) in [5, 5.41) is 10.4. The molecule has 1 aromatic heterocycles. The Hall–Kier alpha value is -3.09. The first-order valence-corrected chi connectivity index (χ1v) is 10.3. The van der Waals surface area contributed by atoms with E-state index in [2.05, 4.69) is 23.6 Å². The molecule has 0 atom stereocenters. The lowest BCUT2D eigenvalue weighted by Crippen LogP contribution is -2.06. The molecule has 0 saturated heterocycles. The molecule has 4 aromatic rings. The minimum absolute atomic E-state index is 0.599. The Morgan fingerprint density at radius 2 is 1.79 bits per heavy atom. The maximum Gasteiger partial charge on any atom is 0.110 e. The van der Waals surface area contributed by atoms with Crippen molar-refractivity contribution in [2.45, 2.75) is 32.7 Å². The lowest BCUT2D eigenvalue weighted by atomic mass is 9.98. The molecule has 0 N–H and O–H groups in total. The highest BCUT2D eigenvalue weighted by atomic mass is 35.5. The summed E-state index contributed by atoms with van der Waals surface area (Å²) >= 11 is 6.69. The molecular formula is C25H22ClN3. The van der Waals surface area contributed by atoms with Crippen LogP contribution in [0.1, 0.15) is 36.7 Å². The quantitative estimate of drug-likeness (QED) is 0.365. The van der Waals surface area contributed by atoms with Gasteiger partial charge >= 0.3 is 0 Å². The lowest BCUT2D eigenvalue weighted by molar-refractivity contribution is 0.690. The Bertz CT molecular complexity index is 1190. The van der Waals surface area contributed by atoms with Crippen LogP contribution in [0.15, 0.2) is 66.7 Å². The first kappa shape index (κ1) is 19.2. The highest BCUT2D eigenvalue weighted by Crippen LogP contribution is 2.31. The number of fused-ring (bicyclic) bond motifs is 1. The summed E-state index contributed by atoms with van der Waals surface area (Å²) in [5.41, 5.74) is 5.52. The van der Waals surface area contributed by atoms with Gasteiger partial charge in [0.25, 0.3) is 0 Å². The predicted molar refractivity (Wildman–Crippen MR) is 119 cm³/mol. The molecule has 0 aliphatic heterocycles. The fourth-order valence-electron chi connectivity index (χ4n) is 3.69. The SMILES string of the molecule is CCCCc1nc2ccccc2n1Cc1cc(C#N)c(-c2ccccc2)cc1Cl. The number of para-hydroxylation sites is 2. The van der Waals surface area contributed by atoms with Gasteiger partial charge < -0.3 is 4.57 Å². The molecule has 29 heavy (non-hydrogen) atoms. The van der Waals surface area contributed by atoms with Crippen LogP contribution in [-0.4, -0.2) is 9.55 Å². The van der Waals surface area contributed by atoms with Gasteiger partial charge in [0.2, 0.25) is 0 Å². The van der Waals surface area contributed by atoms with Gasteiger partial charge in [0.15, 0.2) is 0 Å². The zero-order valence-corrected chi connectivity index (χ0v) is 17.2. The third kappa shape index (κ3) is 3.90. The summed E-state index contributed by atoms with van der Waals surface area (Å²) < 4.78 is 2.23. The van der Waals surface area contributed by atoms with Gasteiger partial charge in [-0.05, 0) is 41.8 Å². The number of benzene rings is 3. The third-order valence-electron chi connectivity index (χ3n) is 5.21. The van der Waals surface area contributed by atoms with Crippen molar-refractivity contribution in [3.05, 3.63) is 88.7 Å². The van der Waals surface area contributed by atoms with E-state index in [1.54, 1.807) is 0 Å². The maximum absolute atomic E-state index is 9.75. The summed E-state index contributed by atoms with van der Waals surface area (Å²) in [6.45, 7) is 2.79. The average molecular weight is 400 g/mol. The minimum Gasteiger partial charge on any atom is -0.323 e. The number of hydrogen-bond acceptors (Lipinski definition) is 2. The van der Waals surface area contributed by atoms with Gasteiger partial charge in [0, 0.05) is 17.0 Å². The van der Waals surface area contributed by atoms with E-state index in [9.17, 15) is 5.26 Å². The zero-order valence-electron chi connectivity index (χ0n) is 16.4. The standard InChI is InChI=1S/C25H22ClN3/c1-2-3-13-25-28-23-11-7-8-12-24(23)29(25)17-20-14-19(16-27)21(15-22(20)26)18-9-5-4-6-10-18/h4-12,14-15H,2-3,13,17H2,1H3. The van der Waals surface area contributed by atoms with Gasteiger partial charge in [-0.1, -0.05) is 67.4 Å². The smallest absolute Gasteiger partial charge is 0.110 e. The van der Waals surface area contributed by atoms with E-state index >= 15 is 0 Å². The fourth-order valence-corrected chi connectivity index (χ4v) is 3.91. The van der Waals surface area contributed by atoms with Gasteiger partial charge in [-0.15, -0.1) is 0 Å². The van der Waals surface area contributed by atoms with Crippen molar-refractivity contribution >= 4 is 22.6 Å². The first-order chi connectivity index (χ1) is 14.2. The van der Waals surface area contributed by atoms with Crippen molar-refractivity contribution in [2.24, 2.45) is 0 Å². The van der Waals surface area contributed by atoms with Crippen LogP contribution in [0, 0.1) is 11.3 Å². The van der Waals surface area contributed by atoms with Crippen LogP contribution < -0.4 is 0 Å². The second-order valence-electron chi connectivity index (χ2n) is 7.17. The molecule has 0 aliphatic rings. The largest absolute Gasteiger partial charge is 0.323 e. The van der Waals surface area contributed by atoms with E-state index in [4.69, 9.17) is 16.6 Å². The summed E-state index contributed by atoms with van der Waals surface area (Å²) in [5.74, 6) is 1.06. The van der Waals surface area contributed by atoms with Gasteiger partial charge in [-0.25, -0.2) is 4.98 Å². The van der Waals surface area contributed by atoms with Crippen LogP contribution in [0.5, 0.6) is 0 Å².